The Balaban J connectivity index is 1.47. The molecule has 1 saturated heterocycles. The largest absolute Gasteiger partial charge is 0.324 e. The average molecular weight is 612 g/mol. The van der Waals surface area contributed by atoms with E-state index in [9.17, 15) is 14.4 Å². The zero-order valence-corrected chi connectivity index (χ0v) is 24.1. The fraction of sp³-hybridized carbons (Fsp3) is 0.300. The number of hydrogen-bond acceptors (Lipinski definition) is 3. The highest BCUT2D eigenvalue weighted by Gasteiger charge is 2.73. The van der Waals surface area contributed by atoms with Crippen LogP contribution in [0.4, 0.5) is 5.69 Å². The third-order valence-corrected chi connectivity index (χ3v) is 10.4. The topological polar surface area (TPSA) is 66.5 Å². The van der Waals surface area contributed by atoms with Gasteiger partial charge in [-0.3, -0.25) is 19.3 Å². The Labute approximate surface area is 239 Å². The lowest BCUT2D eigenvalue weighted by molar-refractivity contribution is -0.148. The normalized spacial score (nSPS) is 27.7. The van der Waals surface area contributed by atoms with Crippen LogP contribution in [0.2, 0.25) is 0 Å². The van der Waals surface area contributed by atoms with E-state index in [1.54, 1.807) is 6.07 Å². The monoisotopic (exact) mass is 610 g/mol. The Morgan fingerprint density at radius 1 is 0.868 bits per heavy atom. The molecule has 7 rings (SSSR count). The first-order chi connectivity index (χ1) is 18.0. The molecule has 3 amide bonds. The molecule has 0 aromatic heterocycles. The van der Waals surface area contributed by atoms with Gasteiger partial charge in [-0.2, -0.15) is 0 Å². The predicted octanol–water partition coefficient (Wildman–Crippen LogP) is 6.31. The van der Waals surface area contributed by atoms with E-state index in [1.807, 2.05) is 81.4 Å². The number of hydrogen-bond donors (Lipinski definition) is 1. The maximum absolute atomic E-state index is 14.3. The minimum Gasteiger partial charge on any atom is -0.324 e. The van der Waals surface area contributed by atoms with Gasteiger partial charge in [-0.25, -0.2) is 0 Å². The van der Waals surface area contributed by atoms with E-state index in [0.717, 1.165) is 37.2 Å². The molecule has 0 saturated carbocycles. The lowest BCUT2D eigenvalue weighted by atomic mass is 9.54. The zero-order valence-electron chi connectivity index (χ0n) is 21.0. The second-order valence-corrected chi connectivity index (χ2v) is 12.7. The Kier molecular flexibility index (Phi) is 5.84. The van der Waals surface area contributed by atoms with Crippen molar-refractivity contribution in [1.82, 2.24) is 4.90 Å². The summed E-state index contributed by atoms with van der Waals surface area (Å²) in [6.07, 6.45) is 0. The van der Waals surface area contributed by atoms with Crippen LogP contribution in [0.5, 0.6) is 0 Å². The van der Waals surface area contributed by atoms with Gasteiger partial charge in [-0.1, -0.05) is 78.3 Å². The summed E-state index contributed by atoms with van der Waals surface area (Å²) in [6.45, 7) is 5.57. The van der Waals surface area contributed by atoms with E-state index in [-0.39, 0.29) is 5.92 Å². The highest BCUT2D eigenvalue weighted by atomic mass is 79.9. The minimum absolute atomic E-state index is 0.348. The summed E-state index contributed by atoms with van der Waals surface area (Å²) in [5.74, 6) is -3.60. The molecule has 3 aromatic carbocycles. The minimum atomic E-state index is -1.28. The van der Waals surface area contributed by atoms with Crippen molar-refractivity contribution in [3.8, 4) is 0 Å². The maximum Gasteiger partial charge on any atom is 0.247 e. The number of benzene rings is 3. The van der Waals surface area contributed by atoms with Gasteiger partial charge >= 0.3 is 0 Å². The van der Waals surface area contributed by atoms with Crippen molar-refractivity contribution in [2.45, 2.75) is 36.6 Å². The lowest BCUT2D eigenvalue weighted by Crippen LogP contribution is -2.57. The number of nitrogens with one attached hydrogen (secondary N) is 1. The second-order valence-electron chi connectivity index (χ2n) is 10.7. The van der Waals surface area contributed by atoms with Crippen LogP contribution in [0.15, 0.2) is 71.2 Å². The number of amides is 3. The fourth-order valence-corrected chi connectivity index (χ4v) is 7.96. The molecule has 194 valence electrons. The van der Waals surface area contributed by atoms with Crippen molar-refractivity contribution in [1.29, 1.82) is 0 Å². The third-order valence-electron chi connectivity index (χ3n) is 8.22. The van der Waals surface area contributed by atoms with Crippen LogP contribution in [-0.2, 0) is 24.1 Å². The molecule has 0 radical (unpaired) electrons. The second kappa shape index (κ2) is 8.67. The Morgan fingerprint density at radius 3 is 1.71 bits per heavy atom. The van der Waals surface area contributed by atoms with E-state index in [2.05, 4.69) is 21.2 Å². The lowest BCUT2D eigenvalue weighted by Gasteiger charge is -2.54. The summed E-state index contributed by atoms with van der Waals surface area (Å²) in [5, 5.41) is 2.91. The van der Waals surface area contributed by atoms with E-state index < -0.39 is 45.3 Å². The maximum atomic E-state index is 14.3. The van der Waals surface area contributed by atoms with Gasteiger partial charge < -0.3 is 5.32 Å². The van der Waals surface area contributed by atoms with E-state index in [4.69, 9.17) is 23.2 Å². The van der Waals surface area contributed by atoms with Crippen LogP contribution in [0, 0.1) is 24.7 Å². The van der Waals surface area contributed by atoms with Crippen LogP contribution >= 0.6 is 39.1 Å². The highest BCUT2D eigenvalue weighted by Crippen LogP contribution is 2.69. The molecular formula is C30H25BrCl2N2O3. The summed E-state index contributed by atoms with van der Waals surface area (Å²) in [6, 6.07) is 19.4. The molecule has 0 spiro atoms. The van der Waals surface area contributed by atoms with Crippen molar-refractivity contribution in [3.63, 3.8) is 0 Å². The number of rotatable bonds is 4. The van der Waals surface area contributed by atoms with Gasteiger partial charge in [0.15, 0.2) is 0 Å². The standard InChI is InChI=1S/C30H25BrCl2N2O3/c1-15(2)25(26(36)34-17-12-13-22(31)16(3)14-17)35-27(37)23-24(28(35)38)30(33)19-9-5-4-8-18(19)29(23,32)20-10-6-7-11-21(20)30/h4-15,23-25H,1-3H3,(H,34,36)/t23-,24-,25-,29?,30?/m0/s1. The highest BCUT2D eigenvalue weighted by molar-refractivity contribution is 9.10. The Hall–Kier alpha value is -2.67. The molecule has 38 heavy (non-hydrogen) atoms. The van der Waals surface area contributed by atoms with Gasteiger partial charge in [-0.05, 0) is 58.9 Å². The molecule has 1 heterocycles. The number of alkyl halides is 2. The predicted molar refractivity (Wildman–Crippen MR) is 151 cm³/mol. The number of nitrogens with zero attached hydrogens (tertiary/aromatic N) is 1. The SMILES string of the molecule is Cc1cc(NC(=O)[C@H](C(C)C)N2C(=O)[C@@H]3[C@@H](C2=O)C2(Cl)c4ccccc4C3(Cl)c3ccccc32)ccc1Br. The van der Waals surface area contributed by atoms with Crippen LogP contribution in [0.1, 0.15) is 41.7 Å². The van der Waals surface area contributed by atoms with Gasteiger partial charge in [0.05, 0.1) is 11.8 Å². The Bertz CT molecular complexity index is 1420. The van der Waals surface area contributed by atoms with Gasteiger partial charge in [0.2, 0.25) is 17.7 Å². The number of likely N-dealkylation sites (tertiary alicyclic amines) is 1. The van der Waals surface area contributed by atoms with Crippen molar-refractivity contribution >= 4 is 62.5 Å². The molecule has 8 heteroatoms. The van der Waals surface area contributed by atoms with Crippen LogP contribution < -0.4 is 5.32 Å². The molecule has 1 fully saturated rings. The summed E-state index contributed by atoms with van der Waals surface area (Å²) >= 11 is 18.5. The number of anilines is 1. The molecule has 2 bridgehead atoms. The van der Waals surface area contributed by atoms with Crippen molar-refractivity contribution in [2.75, 3.05) is 5.32 Å². The van der Waals surface area contributed by atoms with E-state index in [0.29, 0.717) is 5.69 Å². The molecule has 3 aliphatic carbocycles. The Morgan fingerprint density at radius 2 is 1.32 bits per heavy atom. The van der Waals surface area contributed by atoms with Gasteiger partial charge in [-0.15, -0.1) is 23.2 Å². The molecule has 5 nitrogen and oxygen atoms in total. The quantitative estimate of drug-likeness (QED) is 0.278. The molecule has 3 aromatic rings. The van der Waals surface area contributed by atoms with Crippen molar-refractivity contribution in [3.05, 3.63) is 99.0 Å². The molecule has 1 N–H and O–H groups in total. The van der Waals surface area contributed by atoms with Crippen LogP contribution in [0.3, 0.4) is 0 Å². The fourth-order valence-electron chi connectivity index (χ4n) is 6.62. The molecule has 1 aliphatic heterocycles. The first-order valence-corrected chi connectivity index (χ1v) is 14.1. The van der Waals surface area contributed by atoms with E-state index in [1.165, 1.54) is 0 Å². The first-order valence-electron chi connectivity index (χ1n) is 12.5. The zero-order chi connectivity index (χ0) is 27.1. The van der Waals surface area contributed by atoms with E-state index >= 15 is 0 Å². The molecule has 0 unspecified atom stereocenters. The summed E-state index contributed by atoms with van der Waals surface area (Å²) < 4.78 is 0.916. The summed E-state index contributed by atoms with van der Waals surface area (Å²) in [7, 11) is 0. The number of halogens is 3. The average Bonchev–Trinajstić information content (AvgIpc) is 3.16. The van der Waals surface area contributed by atoms with Gasteiger partial charge in [0, 0.05) is 10.2 Å². The molecule has 3 atom stereocenters. The number of carbonyl (C=O) groups is 3. The van der Waals surface area contributed by atoms with Crippen molar-refractivity contribution < 1.29 is 14.4 Å². The van der Waals surface area contributed by atoms with Crippen molar-refractivity contribution in [2.24, 2.45) is 17.8 Å². The number of carbonyl (C=O) groups excluding carboxylic acids is 3. The first kappa shape index (κ1) is 25.6. The summed E-state index contributed by atoms with van der Waals surface area (Å²) in [5.41, 5.74) is 4.46. The van der Waals surface area contributed by atoms with Gasteiger partial charge in [0.1, 0.15) is 15.8 Å². The summed E-state index contributed by atoms with van der Waals surface area (Å²) in [4.78, 5) is 40.8. The molecule has 4 aliphatic rings. The smallest absolute Gasteiger partial charge is 0.247 e. The van der Waals surface area contributed by atoms with Gasteiger partial charge in [0.25, 0.3) is 0 Å². The molecular weight excluding hydrogens is 587 g/mol. The number of aryl methyl sites for hydroxylation is 1. The number of imide groups is 1. The third kappa shape index (κ3) is 3.20. The van der Waals surface area contributed by atoms with Crippen LogP contribution in [-0.4, -0.2) is 28.7 Å². The van der Waals surface area contributed by atoms with Crippen LogP contribution in [0.25, 0.3) is 0 Å².